The van der Waals surface area contributed by atoms with Gasteiger partial charge >= 0.3 is 0 Å². The molecule has 7 nitrogen and oxygen atoms in total. The van der Waals surface area contributed by atoms with Crippen molar-refractivity contribution in [3.63, 3.8) is 0 Å². The molecule has 0 spiro atoms. The molecule has 3 heterocycles. The Hall–Kier alpha value is -3.03. The van der Waals surface area contributed by atoms with E-state index in [9.17, 15) is 0 Å². The average molecular weight is 478 g/mol. The predicted molar refractivity (Wildman–Crippen MR) is 138 cm³/mol. The summed E-state index contributed by atoms with van der Waals surface area (Å²) in [6.07, 6.45) is 3.45. The fourth-order valence-corrected chi connectivity index (χ4v) is 5.13. The lowest BCUT2D eigenvalue weighted by Crippen LogP contribution is -2.50. The maximum atomic E-state index is 6.08. The molecule has 0 saturated carbocycles. The number of ether oxygens (including phenoxy) is 3. The molecule has 7 heteroatoms. The third-order valence-corrected chi connectivity index (χ3v) is 7.29. The van der Waals surface area contributed by atoms with Gasteiger partial charge in [0.15, 0.2) is 17.6 Å². The highest BCUT2D eigenvalue weighted by atomic mass is 16.6. The van der Waals surface area contributed by atoms with Gasteiger partial charge in [-0.15, -0.1) is 0 Å². The molecular weight excluding hydrogens is 442 g/mol. The summed E-state index contributed by atoms with van der Waals surface area (Å²) in [6, 6.07) is 14.4. The van der Waals surface area contributed by atoms with Crippen molar-refractivity contribution in [3.8, 4) is 17.2 Å². The van der Waals surface area contributed by atoms with E-state index in [2.05, 4.69) is 58.3 Å². The molecular formula is C28H35N3O4. The van der Waals surface area contributed by atoms with Crippen LogP contribution in [-0.4, -0.2) is 81.7 Å². The molecule has 2 aromatic carbocycles. The summed E-state index contributed by atoms with van der Waals surface area (Å²) in [4.78, 5) is 11.0. The SMILES string of the molecule is COc1cc2c(cc1OC)C1=NOC(CN3CCN(CC/C=C(\C)c4ccccc4)CC3)C1CO2. The number of hydrogen-bond acceptors (Lipinski definition) is 7. The minimum atomic E-state index is 0.00857. The van der Waals surface area contributed by atoms with Crippen LogP contribution in [0.15, 0.2) is 53.7 Å². The zero-order valence-corrected chi connectivity index (χ0v) is 20.9. The Labute approximate surface area is 207 Å². The van der Waals surface area contributed by atoms with E-state index in [0.29, 0.717) is 18.1 Å². The molecule has 5 rings (SSSR count). The van der Waals surface area contributed by atoms with Gasteiger partial charge in [-0.2, -0.15) is 0 Å². The molecule has 0 bridgehead atoms. The first-order valence-electron chi connectivity index (χ1n) is 12.5. The molecule has 0 amide bonds. The zero-order chi connectivity index (χ0) is 24.2. The van der Waals surface area contributed by atoms with Crippen molar-refractivity contribution in [3.05, 3.63) is 59.7 Å². The van der Waals surface area contributed by atoms with E-state index in [0.717, 1.165) is 62.7 Å². The molecule has 2 aromatic rings. The molecule has 186 valence electrons. The summed E-state index contributed by atoms with van der Waals surface area (Å²) in [5, 5.41) is 4.47. The van der Waals surface area contributed by atoms with Crippen molar-refractivity contribution >= 4 is 11.3 Å². The molecule has 0 N–H and O–H groups in total. The van der Waals surface area contributed by atoms with Crippen LogP contribution in [0, 0.1) is 5.92 Å². The van der Waals surface area contributed by atoms with E-state index in [1.807, 2.05) is 12.1 Å². The number of hydrogen-bond donors (Lipinski definition) is 0. The molecule has 3 aliphatic rings. The minimum absolute atomic E-state index is 0.00857. The fourth-order valence-electron chi connectivity index (χ4n) is 5.13. The highest BCUT2D eigenvalue weighted by Gasteiger charge is 2.41. The van der Waals surface area contributed by atoms with E-state index < -0.39 is 0 Å². The highest BCUT2D eigenvalue weighted by Crippen LogP contribution is 2.40. The van der Waals surface area contributed by atoms with Crippen molar-refractivity contribution in [2.24, 2.45) is 11.1 Å². The molecule has 0 aromatic heterocycles. The van der Waals surface area contributed by atoms with Crippen molar-refractivity contribution in [1.29, 1.82) is 0 Å². The third kappa shape index (κ3) is 5.16. The van der Waals surface area contributed by atoms with Gasteiger partial charge in [0.2, 0.25) is 0 Å². The van der Waals surface area contributed by atoms with E-state index in [1.54, 1.807) is 14.2 Å². The number of benzene rings is 2. The Morgan fingerprint density at radius 1 is 1.03 bits per heavy atom. The number of methoxy groups -OCH3 is 2. The fraction of sp³-hybridized carbons (Fsp3) is 0.464. The Morgan fingerprint density at radius 3 is 2.49 bits per heavy atom. The van der Waals surface area contributed by atoms with Crippen molar-refractivity contribution in [2.75, 3.05) is 60.1 Å². The number of piperazine rings is 1. The van der Waals surface area contributed by atoms with Crippen molar-refractivity contribution < 1.29 is 19.0 Å². The monoisotopic (exact) mass is 477 g/mol. The summed E-state index contributed by atoms with van der Waals surface area (Å²) < 4.78 is 17.0. The Balaban J connectivity index is 1.11. The Bertz CT molecular complexity index is 1080. The standard InChI is InChI=1S/C28H35N3O4/c1-20(21-9-5-4-6-10-21)8-7-11-30-12-14-31(15-13-30)18-27-23-19-34-24-17-26(33-3)25(32-2)16-22(24)28(23)29-35-27/h4-6,8-10,16-17,23,27H,7,11-15,18-19H2,1-3H3/b20-8+. The van der Waals surface area contributed by atoms with Gasteiger partial charge in [0, 0.05) is 50.9 Å². The maximum absolute atomic E-state index is 6.08. The van der Waals surface area contributed by atoms with Gasteiger partial charge in [0.1, 0.15) is 18.1 Å². The van der Waals surface area contributed by atoms with Gasteiger partial charge in [-0.1, -0.05) is 41.6 Å². The number of fused-ring (bicyclic) bond motifs is 3. The van der Waals surface area contributed by atoms with Gasteiger partial charge in [0.25, 0.3) is 0 Å². The van der Waals surface area contributed by atoms with E-state index in [4.69, 9.17) is 19.0 Å². The molecule has 1 saturated heterocycles. The summed E-state index contributed by atoms with van der Waals surface area (Å²) in [5.41, 5.74) is 4.55. The van der Waals surface area contributed by atoms with E-state index >= 15 is 0 Å². The van der Waals surface area contributed by atoms with Crippen LogP contribution in [0.25, 0.3) is 5.57 Å². The smallest absolute Gasteiger partial charge is 0.164 e. The predicted octanol–water partition coefficient (Wildman–Crippen LogP) is 3.93. The van der Waals surface area contributed by atoms with Crippen LogP contribution in [0.4, 0.5) is 0 Å². The quantitative estimate of drug-likeness (QED) is 0.574. The normalized spacial score (nSPS) is 22.5. The Morgan fingerprint density at radius 2 is 1.74 bits per heavy atom. The van der Waals surface area contributed by atoms with Gasteiger partial charge in [-0.25, -0.2) is 0 Å². The second kappa shape index (κ2) is 10.7. The van der Waals surface area contributed by atoms with Crippen LogP contribution in [0.5, 0.6) is 17.2 Å². The zero-order valence-electron chi connectivity index (χ0n) is 20.9. The lowest BCUT2D eigenvalue weighted by Gasteiger charge is -2.36. The second-order valence-electron chi connectivity index (χ2n) is 9.43. The van der Waals surface area contributed by atoms with Gasteiger partial charge < -0.3 is 23.9 Å². The molecule has 1 fully saturated rings. The first kappa shape index (κ1) is 23.7. The maximum Gasteiger partial charge on any atom is 0.164 e. The van der Waals surface area contributed by atoms with Crippen LogP contribution in [0.1, 0.15) is 24.5 Å². The molecule has 2 unspecified atom stereocenters. The minimum Gasteiger partial charge on any atom is -0.493 e. The van der Waals surface area contributed by atoms with Gasteiger partial charge in [0.05, 0.1) is 20.1 Å². The number of oxime groups is 1. The largest absolute Gasteiger partial charge is 0.493 e. The van der Waals surface area contributed by atoms with Crippen LogP contribution < -0.4 is 14.2 Å². The topological polar surface area (TPSA) is 55.8 Å². The van der Waals surface area contributed by atoms with Crippen LogP contribution >= 0.6 is 0 Å². The van der Waals surface area contributed by atoms with Crippen molar-refractivity contribution in [1.82, 2.24) is 9.80 Å². The number of rotatable bonds is 8. The first-order chi connectivity index (χ1) is 17.2. The number of nitrogens with zero attached hydrogens (tertiary/aromatic N) is 3. The highest BCUT2D eigenvalue weighted by molar-refractivity contribution is 6.06. The Kier molecular flexibility index (Phi) is 7.25. The molecule has 0 radical (unpaired) electrons. The van der Waals surface area contributed by atoms with E-state index in [-0.39, 0.29) is 12.0 Å². The van der Waals surface area contributed by atoms with Gasteiger partial charge in [-0.3, -0.25) is 4.90 Å². The molecule has 2 atom stereocenters. The lowest BCUT2D eigenvalue weighted by molar-refractivity contribution is 0.00942. The first-order valence-corrected chi connectivity index (χ1v) is 12.5. The molecule has 3 aliphatic heterocycles. The summed E-state index contributed by atoms with van der Waals surface area (Å²) in [5.74, 6) is 2.23. The molecule has 35 heavy (non-hydrogen) atoms. The number of allylic oxidation sites excluding steroid dienone is 1. The molecule has 0 aliphatic carbocycles. The average Bonchev–Trinajstić information content (AvgIpc) is 3.32. The summed E-state index contributed by atoms with van der Waals surface area (Å²) >= 11 is 0. The third-order valence-electron chi connectivity index (χ3n) is 7.29. The summed E-state index contributed by atoms with van der Waals surface area (Å²) in [6.45, 7) is 9.00. The van der Waals surface area contributed by atoms with E-state index in [1.165, 1.54) is 11.1 Å². The lowest BCUT2D eigenvalue weighted by atomic mass is 9.90. The van der Waals surface area contributed by atoms with Gasteiger partial charge in [-0.05, 0) is 30.5 Å². The van der Waals surface area contributed by atoms with Crippen molar-refractivity contribution in [2.45, 2.75) is 19.4 Å². The van der Waals surface area contributed by atoms with Crippen LogP contribution in [0.2, 0.25) is 0 Å². The van der Waals surface area contributed by atoms with Crippen LogP contribution in [-0.2, 0) is 4.84 Å². The summed E-state index contributed by atoms with van der Waals surface area (Å²) in [7, 11) is 3.27. The van der Waals surface area contributed by atoms with Crippen LogP contribution in [0.3, 0.4) is 0 Å². The second-order valence-corrected chi connectivity index (χ2v) is 9.43.